The number of benzene rings is 3. The summed E-state index contributed by atoms with van der Waals surface area (Å²) in [5.41, 5.74) is 2.33. The first kappa shape index (κ1) is 31.8. The van der Waals surface area contributed by atoms with Crippen LogP contribution in [0.2, 0.25) is 0 Å². The number of carbonyl (C=O) groups excluding carboxylic acids is 2. The van der Waals surface area contributed by atoms with Gasteiger partial charge in [-0.25, -0.2) is 14.0 Å². The summed E-state index contributed by atoms with van der Waals surface area (Å²) in [7, 11) is 0. The fourth-order valence-electron chi connectivity index (χ4n) is 3.62. The first-order valence-electron chi connectivity index (χ1n) is 14.1. The molecule has 0 aromatic heterocycles. The molecule has 0 saturated heterocycles. The van der Waals surface area contributed by atoms with Crippen molar-refractivity contribution < 1.29 is 37.7 Å². The van der Waals surface area contributed by atoms with E-state index in [2.05, 4.69) is 13.8 Å². The molecule has 3 aromatic carbocycles. The average molecular weight is 567 g/mol. The maximum atomic E-state index is 14.5. The van der Waals surface area contributed by atoms with Crippen LogP contribution < -0.4 is 9.47 Å². The van der Waals surface area contributed by atoms with E-state index in [9.17, 15) is 14.0 Å². The molecular weight excluding hydrogens is 527 g/mol. The lowest BCUT2D eigenvalue weighted by molar-refractivity contribution is 0.0351. The largest absolute Gasteiger partial charge is 0.488 e. The molecule has 41 heavy (non-hydrogen) atoms. The van der Waals surface area contributed by atoms with Crippen LogP contribution in [0.25, 0.3) is 11.1 Å². The molecule has 7 nitrogen and oxygen atoms in total. The second-order valence-corrected chi connectivity index (χ2v) is 9.68. The molecule has 0 N–H and O–H groups in total. The molecule has 3 aromatic rings. The van der Waals surface area contributed by atoms with Crippen molar-refractivity contribution in [3.8, 4) is 22.6 Å². The zero-order valence-electron chi connectivity index (χ0n) is 24.0. The van der Waals surface area contributed by atoms with Crippen molar-refractivity contribution in [1.29, 1.82) is 0 Å². The Morgan fingerprint density at radius 2 is 1.37 bits per heavy atom. The second-order valence-electron chi connectivity index (χ2n) is 9.68. The summed E-state index contributed by atoms with van der Waals surface area (Å²) in [6, 6.07) is 18.0. The molecule has 0 radical (unpaired) electrons. The molecular formula is C33H39FO7. The molecule has 1 atom stereocenters. The highest BCUT2D eigenvalue weighted by molar-refractivity contribution is 5.91. The molecule has 0 aliphatic carbocycles. The summed E-state index contributed by atoms with van der Waals surface area (Å²) >= 11 is 0. The minimum atomic E-state index is -0.685. The van der Waals surface area contributed by atoms with Crippen LogP contribution in [0, 0.1) is 11.7 Å². The SMILES string of the molecule is CCCCOCCOCCOc1ccc(C(=O)Oc2ccc(-c3ccc(C(=O)OCC(C)CC)cc3)cc2)cc1F. The fraction of sp³-hybridized carbons (Fsp3) is 0.394. The van der Waals surface area contributed by atoms with Crippen molar-refractivity contribution in [2.45, 2.75) is 40.0 Å². The van der Waals surface area contributed by atoms with Gasteiger partial charge < -0.3 is 23.7 Å². The summed E-state index contributed by atoms with van der Waals surface area (Å²) in [6.07, 6.45) is 3.05. The zero-order chi connectivity index (χ0) is 29.5. The van der Waals surface area contributed by atoms with Gasteiger partial charge in [0.15, 0.2) is 11.6 Å². The molecule has 0 spiro atoms. The van der Waals surface area contributed by atoms with Gasteiger partial charge in [-0.05, 0) is 65.9 Å². The lowest BCUT2D eigenvalue weighted by atomic mass is 10.0. The predicted octanol–water partition coefficient (Wildman–Crippen LogP) is 7.13. The van der Waals surface area contributed by atoms with Crippen molar-refractivity contribution in [2.24, 2.45) is 5.92 Å². The average Bonchev–Trinajstić information content (AvgIpc) is 3.00. The van der Waals surface area contributed by atoms with Gasteiger partial charge in [0, 0.05) is 6.61 Å². The van der Waals surface area contributed by atoms with Crippen LogP contribution in [0.15, 0.2) is 66.7 Å². The Balaban J connectivity index is 1.46. The van der Waals surface area contributed by atoms with Gasteiger partial charge in [0.05, 0.1) is 37.6 Å². The number of ether oxygens (including phenoxy) is 5. The van der Waals surface area contributed by atoms with E-state index in [1.54, 1.807) is 36.4 Å². The monoisotopic (exact) mass is 566 g/mol. The zero-order valence-corrected chi connectivity index (χ0v) is 24.0. The Hall–Kier alpha value is -3.75. The lowest BCUT2D eigenvalue weighted by Crippen LogP contribution is -2.12. The van der Waals surface area contributed by atoms with Crippen LogP contribution >= 0.6 is 0 Å². The Kier molecular flexibility index (Phi) is 13.3. The Morgan fingerprint density at radius 1 is 0.756 bits per heavy atom. The van der Waals surface area contributed by atoms with Gasteiger partial charge in [-0.15, -0.1) is 0 Å². The van der Waals surface area contributed by atoms with Crippen molar-refractivity contribution in [3.05, 3.63) is 83.7 Å². The normalized spacial score (nSPS) is 11.6. The number of hydrogen-bond donors (Lipinski definition) is 0. The predicted molar refractivity (Wildman–Crippen MR) is 155 cm³/mol. The molecule has 0 aliphatic heterocycles. The molecule has 0 heterocycles. The summed E-state index contributed by atoms with van der Waals surface area (Å²) in [6.45, 7) is 8.73. The van der Waals surface area contributed by atoms with Crippen molar-refractivity contribution in [3.63, 3.8) is 0 Å². The molecule has 0 aliphatic rings. The van der Waals surface area contributed by atoms with Crippen LogP contribution in [-0.2, 0) is 14.2 Å². The van der Waals surface area contributed by atoms with E-state index in [1.807, 2.05) is 19.1 Å². The summed E-state index contributed by atoms with van der Waals surface area (Å²) in [4.78, 5) is 24.8. The van der Waals surface area contributed by atoms with Crippen LogP contribution in [0.4, 0.5) is 4.39 Å². The minimum Gasteiger partial charge on any atom is -0.488 e. The Morgan fingerprint density at radius 3 is 2.00 bits per heavy atom. The van der Waals surface area contributed by atoms with E-state index in [1.165, 1.54) is 12.1 Å². The second kappa shape index (κ2) is 17.1. The lowest BCUT2D eigenvalue weighted by Gasteiger charge is -2.10. The summed E-state index contributed by atoms with van der Waals surface area (Å²) in [5.74, 6) is -1.02. The number of hydrogen-bond acceptors (Lipinski definition) is 7. The van der Waals surface area contributed by atoms with Gasteiger partial charge >= 0.3 is 11.9 Å². The Bertz CT molecular complexity index is 1230. The standard InChI is InChI=1S/C33H39FO7/c1-4-6-17-37-18-19-38-20-21-39-31-16-13-28(22-30(31)34)33(36)41-29-14-11-26(12-15-29)25-7-9-27(10-8-25)32(35)40-23-24(3)5-2/h7-16,22,24H,4-6,17-21,23H2,1-3H3. The van der Waals surface area contributed by atoms with Gasteiger partial charge in [0.1, 0.15) is 12.4 Å². The van der Waals surface area contributed by atoms with Gasteiger partial charge in [-0.1, -0.05) is 57.9 Å². The number of carbonyl (C=O) groups is 2. The minimum absolute atomic E-state index is 0.0310. The van der Waals surface area contributed by atoms with Crippen molar-refractivity contribution in [1.82, 2.24) is 0 Å². The van der Waals surface area contributed by atoms with E-state index >= 15 is 0 Å². The van der Waals surface area contributed by atoms with Crippen LogP contribution in [0.1, 0.15) is 60.7 Å². The number of rotatable bonds is 17. The first-order chi connectivity index (χ1) is 19.9. The number of halogens is 1. The summed E-state index contributed by atoms with van der Waals surface area (Å²) in [5, 5.41) is 0. The maximum Gasteiger partial charge on any atom is 0.343 e. The van der Waals surface area contributed by atoms with E-state index in [4.69, 9.17) is 23.7 Å². The van der Waals surface area contributed by atoms with E-state index in [0.29, 0.717) is 43.7 Å². The Labute approximate surface area is 241 Å². The quantitative estimate of drug-likeness (QED) is 0.0977. The maximum absolute atomic E-state index is 14.5. The van der Waals surface area contributed by atoms with Gasteiger partial charge in [0.2, 0.25) is 0 Å². The number of unbranched alkanes of at least 4 members (excludes halogenated alkanes) is 1. The molecule has 0 amide bonds. The number of esters is 2. The molecule has 220 valence electrons. The van der Waals surface area contributed by atoms with E-state index in [-0.39, 0.29) is 23.9 Å². The molecule has 1 unspecified atom stereocenters. The van der Waals surface area contributed by atoms with Gasteiger partial charge in [0.25, 0.3) is 0 Å². The topological polar surface area (TPSA) is 80.3 Å². The highest BCUT2D eigenvalue weighted by Crippen LogP contribution is 2.25. The third-order valence-corrected chi connectivity index (χ3v) is 6.38. The molecule has 8 heteroatoms. The first-order valence-corrected chi connectivity index (χ1v) is 14.1. The van der Waals surface area contributed by atoms with E-state index in [0.717, 1.165) is 43.1 Å². The van der Waals surface area contributed by atoms with Gasteiger partial charge in [-0.2, -0.15) is 0 Å². The van der Waals surface area contributed by atoms with Crippen molar-refractivity contribution >= 4 is 11.9 Å². The van der Waals surface area contributed by atoms with Crippen molar-refractivity contribution in [2.75, 3.05) is 39.6 Å². The highest BCUT2D eigenvalue weighted by atomic mass is 19.1. The molecule has 0 saturated carbocycles. The third kappa shape index (κ3) is 10.6. The van der Waals surface area contributed by atoms with Crippen LogP contribution in [0.5, 0.6) is 11.5 Å². The van der Waals surface area contributed by atoms with Crippen LogP contribution in [-0.4, -0.2) is 51.6 Å². The molecule has 0 fully saturated rings. The third-order valence-electron chi connectivity index (χ3n) is 6.38. The summed E-state index contributed by atoms with van der Waals surface area (Å²) < 4.78 is 41.5. The molecule has 3 rings (SSSR count). The van der Waals surface area contributed by atoms with E-state index < -0.39 is 11.8 Å². The molecule has 0 bridgehead atoms. The van der Waals surface area contributed by atoms with Crippen LogP contribution in [0.3, 0.4) is 0 Å². The van der Waals surface area contributed by atoms with Gasteiger partial charge in [-0.3, -0.25) is 0 Å². The highest BCUT2D eigenvalue weighted by Gasteiger charge is 2.14. The fourth-order valence-corrected chi connectivity index (χ4v) is 3.62. The smallest absolute Gasteiger partial charge is 0.343 e.